The summed E-state index contributed by atoms with van der Waals surface area (Å²) in [6.07, 6.45) is 7.84. The smallest absolute Gasteiger partial charge is 0.239 e. The van der Waals surface area contributed by atoms with Crippen LogP contribution in [0.4, 0.5) is 5.69 Å². The average molecular weight is 304 g/mol. The second-order valence-electron chi connectivity index (χ2n) is 6.20. The average Bonchev–Trinajstić information content (AvgIpc) is 2.59. The molecule has 2 N–H and O–H groups in total. The fourth-order valence-corrected chi connectivity index (χ4v) is 2.98. The number of pyridine rings is 1. The Morgan fingerprint density at radius 3 is 2.64 bits per heavy atom. The summed E-state index contributed by atoms with van der Waals surface area (Å²) < 4.78 is 0. The van der Waals surface area contributed by atoms with E-state index in [0.717, 1.165) is 26.1 Å². The van der Waals surface area contributed by atoms with E-state index >= 15 is 0 Å². The molecule has 1 aliphatic rings. The van der Waals surface area contributed by atoms with Crippen molar-refractivity contribution in [2.75, 3.05) is 31.6 Å². The van der Waals surface area contributed by atoms with Gasteiger partial charge in [-0.15, -0.1) is 0 Å². The first kappa shape index (κ1) is 16.7. The van der Waals surface area contributed by atoms with E-state index in [0.29, 0.717) is 12.3 Å². The van der Waals surface area contributed by atoms with Gasteiger partial charge < -0.3 is 15.5 Å². The van der Waals surface area contributed by atoms with Crippen LogP contribution in [0, 0.1) is 5.92 Å². The number of hydrogen-bond acceptors (Lipinski definition) is 4. The lowest BCUT2D eigenvalue weighted by atomic mass is 9.93. The van der Waals surface area contributed by atoms with Crippen LogP contribution in [0.1, 0.15) is 32.6 Å². The summed E-state index contributed by atoms with van der Waals surface area (Å²) in [6, 6.07) is 3.79. The van der Waals surface area contributed by atoms with Crippen LogP contribution in [0.2, 0.25) is 0 Å². The molecule has 122 valence electrons. The molecule has 1 aromatic heterocycles. The summed E-state index contributed by atoms with van der Waals surface area (Å²) in [4.78, 5) is 20.2. The Morgan fingerprint density at radius 2 is 2.05 bits per heavy atom. The topological polar surface area (TPSA) is 62.5 Å². The Balaban J connectivity index is 1.73. The molecule has 1 fully saturated rings. The quantitative estimate of drug-likeness (QED) is 0.871. The highest BCUT2D eigenvalue weighted by Crippen LogP contribution is 2.24. The van der Waals surface area contributed by atoms with Gasteiger partial charge in [0.25, 0.3) is 0 Å². The monoisotopic (exact) mass is 304 g/mol. The van der Waals surface area contributed by atoms with Crippen LogP contribution in [0.25, 0.3) is 0 Å². The van der Waals surface area contributed by atoms with Gasteiger partial charge >= 0.3 is 0 Å². The number of hydrogen-bond donors (Lipinski definition) is 1. The first-order valence-corrected chi connectivity index (χ1v) is 8.27. The molecule has 1 atom stereocenters. The van der Waals surface area contributed by atoms with Gasteiger partial charge in [0, 0.05) is 44.8 Å². The number of piperidine rings is 1. The summed E-state index contributed by atoms with van der Waals surface area (Å²) in [5.41, 5.74) is 7.06. The molecule has 1 aliphatic heterocycles. The lowest BCUT2D eigenvalue weighted by molar-refractivity contribution is -0.131. The fourth-order valence-electron chi connectivity index (χ4n) is 2.98. The number of amides is 1. The minimum absolute atomic E-state index is 0.0664. The van der Waals surface area contributed by atoms with E-state index in [9.17, 15) is 4.79 Å². The van der Waals surface area contributed by atoms with Crippen LogP contribution < -0.4 is 10.6 Å². The normalized spacial score (nSPS) is 17.3. The van der Waals surface area contributed by atoms with Crippen LogP contribution in [0.5, 0.6) is 0 Å². The number of carbonyl (C=O) groups is 1. The number of nitrogens with zero attached hydrogens (tertiary/aromatic N) is 3. The molecule has 5 nitrogen and oxygen atoms in total. The standard InChI is InChI=1S/C17H28N4O/c1-3-16(18)17(22)20(2)11-6-14-7-12-21(13-8-14)15-4-9-19-10-5-15/h4-5,9-10,14,16H,3,6-8,11-13,18H2,1-2H3/t16-/m1/s1. The maximum absolute atomic E-state index is 12.0. The largest absolute Gasteiger partial charge is 0.371 e. The van der Waals surface area contributed by atoms with Crippen molar-refractivity contribution in [2.45, 2.75) is 38.6 Å². The number of nitrogens with two attached hydrogens (primary N) is 1. The minimum Gasteiger partial charge on any atom is -0.371 e. The summed E-state index contributed by atoms with van der Waals surface area (Å²) in [5.74, 6) is 0.767. The van der Waals surface area contributed by atoms with Crippen molar-refractivity contribution in [1.29, 1.82) is 0 Å². The van der Waals surface area contributed by atoms with E-state index in [1.807, 2.05) is 26.4 Å². The number of rotatable bonds is 6. The van der Waals surface area contributed by atoms with Gasteiger partial charge in [0.2, 0.25) is 5.91 Å². The van der Waals surface area contributed by atoms with Crippen molar-refractivity contribution < 1.29 is 4.79 Å². The van der Waals surface area contributed by atoms with Gasteiger partial charge in [0.05, 0.1) is 6.04 Å². The molecule has 1 saturated heterocycles. The Bertz CT molecular complexity index is 457. The van der Waals surface area contributed by atoms with Crippen LogP contribution in [0.15, 0.2) is 24.5 Å². The first-order valence-electron chi connectivity index (χ1n) is 8.27. The Morgan fingerprint density at radius 1 is 1.41 bits per heavy atom. The third kappa shape index (κ3) is 4.44. The summed E-state index contributed by atoms with van der Waals surface area (Å²) in [7, 11) is 1.87. The molecule has 0 aliphatic carbocycles. The van der Waals surface area contributed by atoms with Crippen LogP contribution in [0.3, 0.4) is 0 Å². The fraction of sp³-hybridized carbons (Fsp3) is 0.647. The molecule has 1 amide bonds. The van der Waals surface area contributed by atoms with Gasteiger partial charge in [-0.25, -0.2) is 0 Å². The predicted molar refractivity (Wildman–Crippen MR) is 89.7 cm³/mol. The number of anilines is 1. The van der Waals surface area contributed by atoms with Gasteiger partial charge in [-0.1, -0.05) is 6.92 Å². The molecular weight excluding hydrogens is 276 g/mol. The first-order chi connectivity index (χ1) is 10.6. The van der Waals surface area contributed by atoms with Crippen molar-refractivity contribution in [3.05, 3.63) is 24.5 Å². The van der Waals surface area contributed by atoms with E-state index in [4.69, 9.17) is 5.73 Å². The van der Waals surface area contributed by atoms with E-state index in [1.54, 1.807) is 4.90 Å². The highest BCUT2D eigenvalue weighted by Gasteiger charge is 2.21. The Kier molecular flexibility index (Phi) is 6.19. The lowest BCUT2D eigenvalue weighted by Gasteiger charge is -2.34. The second kappa shape index (κ2) is 8.13. The highest BCUT2D eigenvalue weighted by molar-refractivity contribution is 5.81. The maximum Gasteiger partial charge on any atom is 0.239 e. The molecule has 0 spiro atoms. The molecule has 1 aromatic rings. The van der Waals surface area contributed by atoms with Gasteiger partial charge in [0.15, 0.2) is 0 Å². The van der Waals surface area contributed by atoms with Crippen LogP contribution >= 0.6 is 0 Å². The third-order valence-electron chi connectivity index (χ3n) is 4.65. The summed E-state index contributed by atoms with van der Waals surface area (Å²) in [6.45, 7) is 4.93. The van der Waals surface area contributed by atoms with Crippen LogP contribution in [-0.4, -0.2) is 48.5 Å². The molecule has 5 heteroatoms. The van der Waals surface area contributed by atoms with Gasteiger partial charge in [0.1, 0.15) is 0 Å². The zero-order valence-electron chi connectivity index (χ0n) is 13.7. The molecular formula is C17H28N4O. The van der Waals surface area contributed by atoms with Crippen molar-refractivity contribution in [3.8, 4) is 0 Å². The molecule has 0 bridgehead atoms. The van der Waals surface area contributed by atoms with E-state index < -0.39 is 0 Å². The van der Waals surface area contributed by atoms with Crippen molar-refractivity contribution in [3.63, 3.8) is 0 Å². The van der Waals surface area contributed by atoms with Gasteiger partial charge in [-0.05, 0) is 43.7 Å². The van der Waals surface area contributed by atoms with Gasteiger partial charge in [-0.2, -0.15) is 0 Å². The van der Waals surface area contributed by atoms with Gasteiger partial charge in [-0.3, -0.25) is 9.78 Å². The van der Waals surface area contributed by atoms with Crippen molar-refractivity contribution >= 4 is 11.6 Å². The zero-order chi connectivity index (χ0) is 15.9. The minimum atomic E-state index is -0.349. The Labute approximate surface area is 133 Å². The zero-order valence-corrected chi connectivity index (χ0v) is 13.7. The van der Waals surface area contributed by atoms with Crippen molar-refractivity contribution in [1.82, 2.24) is 9.88 Å². The summed E-state index contributed by atoms with van der Waals surface area (Å²) in [5, 5.41) is 0. The Hall–Kier alpha value is -1.62. The third-order valence-corrected chi connectivity index (χ3v) is 4.65. The molecule has 0 saturated carbocycles. The predicted octanol–water partition coefficient (Wildman–Crippen LogP) is 1.88. The van der Waals surface area contributed by atoms with Crippen LogP contribution in [-0.2, 0) is 4.79 Å². The molecule has 0 radical (unpaired) electrons. The molecule has 2 rings (SSSR count). The molecule has 0 unspecified atom stereocenters. The summed E-state index contributed by atoms with van der Waals surface area (Å²) >= 11 is 0. The molecule has 0 aromatic carbocycles. The van der Waals surface area contributed by atoms with E-state index in [2.05, 4.69) is 22.0 Å². The number of likely N-dealkylation sites (N-methyl/N-ethyl adjacent to an activating group) is 1. The second-order valence-corrected chi connectivity index (χ2v) is 6.20. The van der Waals surface area contributed by atoms with Crippen molar-refractivity contribution in [2.24, 2.45) is 11.7 Å². The lowest BCUT2D eigenvalue weighted by Crippen LogP contribution is -2.42. The van der Waals surface area contributed by atoms with E-state index in [-0.39, 0.29) is 11.9 Å². The molecule has 2 heterocycles. The number of carbonyl (C=O) groups excluding carboxylic acids is 1. The maximum atomic E-state index is 12.0. The SMILES string of the molecule is CC[C@@H](N)C(=O)N(C)CCC1CCN(c2ccncc2)CC1. The van der Waals surface area contributed by atoms with E-state index in [1.165, 1.54) is 18.5 Å². The highest BCUT2D eigenvalue weighted by atomic mass is 16.2. The number of aromatic nitrogens is 1. The molecule has 22 heavy (non-hydrogen) atoms.